The summed E-state index contributed by atoms with van der Waals surface area (Å²) in [5.41, 5.74) is 2.58. The third-order valence-corrected chi connectivity index (χ3v) is 3.20. The summed E-state index contributed by atoms with van der Waals surface area (Å²) in [6.07, 6.45) is 3.76. The average molecular weight is 237 g/mol. The lowest BCUT2D eigenvalue weighted by molar-refractivity contribution is 0.306. The molecule has 2 aromatic carbocycles. The van der Waals surface area contributed by atoms with E-state index in [0.717, 1.165) is 12.2 Å². The first kappa shape index (κ1) is 11.3. The molecule has 1 nitrogen and oxygen atoms in total. The van der Waals surface area contributed by atoms with Crippen LogP contribution in [0.4, 0.5) is 0 Å². The molecule has 0 unspecified atom stereocenters. The van der Waals surface area contributed by atoms with Crippen LogP contribution >= 0.6 is 0 Å². The molecule has 0 amide bonds. The first-order chi connectivity index (χ1) is 8.90. The molecule has 1 radical (unpaired) electrons. The Labute approximate surface area is 108 Å². The van der Waals surface area contributed by atoms with E-state index >= 15 is 0 Å². The standard InChI is InChI=1S/C17H17O/c1-2-5-15(6-3-1)13-18-17-8-4-7-16(12-17)11-14-9-10-14/h1-8,12H,9-11,13H2. The summed E-state index contributed by atoms with van der Waals surface area (Å²) < 4.78 is 5.83. The normalized spacial score (nSPS) is 14.4. The van der Waals surface area contributed by atoms with Crippen LogP contribution in [0.15, 0.2) is 54.6 Å². The van der Waals surface area contributed by atoms with Crippen molar-refractivity contribution in [2.75, 3.05) is 0 Å². The lowest BCUT2D eigenvalue weighted by atomic mass is 10.1. The van der Waals surface area contributed by atoms with Gasteiger partial charge in [0.1, 0.15) is 12.4 Å². The van der Waals surface area contributed by atoms with Crippen LogP contribution in [0.25, 0.3) is 0 Å². The average Bonchev–Trinajstić information content (AvgIpc) is 3.22. The first-order valence-corrected chi connectivity index (χ1v) is 6.49. The van der Waals surface area contributed by atoms with E-state index in [2.05, 4.69) is 30.3 Å². The summed E-state index contributed by atoms with van der Waals surface area (Å²) >= 11 is 0. The summed E-state index contributed by atoms with van der Waals surface area (Å²) in [7, 11) is 0. The van der Waals surface area contributed by atoms with Crippen LogP contribution in [0.3, 0.4) is 0 Å². The van der Waals surface area contributed by atoms with Gasteiger partial charge in [-0.2, -0.15) is 0 Å². The lowest BCUT2D eigenvalue weighted by Gasteiger charge is -2.08. The van der Waals surface area contributed by atoms with Gasteiger partial charge in [0.25, 0.3) is 0 Å². The van der Waals surface area contributed by atoms with Crippen LogP contribution < -0.4 is 4.74 Å². The van der Waals surface area contributed by atoms with Crippen LogP contribution in [0.2, 0.25) is 0 Å². The molecule has 18 heavy (non-hydrogen) atoms. The maximum Gasteiger partial charge on any atom is 0.120 e. The van der Waals surface area contributed by atoms with Crippen molar-refractivity contribution in [2.45, 2.75) is 25.9 Å². The van der Waals surface area contributed by atoms with Gasteiger partial charge in [0.15, 0.2) is 0 Å². The zero-order chi connectivity index (χ0) is 12.2. The highest BCUT2D eigenvalue weighted by molar-refractivity contribution is 5.32. The van der Waals surface area contributed by atoms with Crippen molar-refractivity contribution in [3.63, 3.8) is 0 Å². The zero-order valence-electron chi connectivity index (χ0n) is 10.4. The molecule has 0 N–H and O–H groups in total. The molecule has 1 fully saturated rings. The lowest BCUT2D eigenvalue weighted by Crippen LogP contribution is -1.95. The molecule has 0 atom stereocenters. The highest BCUT2D eigenvalue weighted by atomic mass is 16.5. The Balaban J connectivity index is 1.61. The van der Waals surface area contributed by atoms with E-state index in [1.807, 2.05) is 24.3 Å². The molecule has 1 aliphatic rings. The quantitative estimate of drug-likeness (QED) is 0.758. The van der Waals surface area contributed by atoms with E-state index in [0.29, 0.717) is 6.61 Å². The molecule has 1 saturated carbocycles. The van der Waals surface area contributed by atoms with Gasteiger partial charge in [0, 0.05) is 0 Å². The van der Waals surface area contributed by atoms with Crippen LogP contribution in [-0.2, 0) is 13.0 Å². The van der Waals surface area contributed by atoms with Crippen molar-refractivity contribution < 1.29 is 4.74 Å². The number of hydrogen-bond acceptors (Lipinski definition) is 1. The largest absolute Gasteiger partial charge is 0.489 e. The van der Waals surface area contributed by atoms with Gasteiger partial charge in [-0.05, 0) is 48.4 Å². The molecule has 3 rings (SSSR count). The Kier molecular flexibility index (Phi) is 3.31. The van der Waals surface area contributed by atoms with Gasteiger partial charge in [-0.15, -0.1) is 0 Å². The Hall–Kier alpha value is -1.76. The van der Waals surface area contributed by atoms with Gasteiger partial charge in [-0.3, -0.25) is 0 Å². The minimum atomic E-state index is 0.640. The smallest absolute Gasteiger partial charge is 0.120 e. The van der Waals surface area contributed by atoms with Crippen molar-refractivity contribution in [1.29, 1.82) is 0 Å². The van der Waals surface area contributed by atoms with Crippen LogP contribution in [-0.4, -0.2) is 0 Å². The highest BCUT2D eigenvalue weighted by Crippen LogP contribution is 2.35. The number of hydrogen-bond donors (Lipinski definition) is 0. The van der Waals surface area contributed by atoms with Crippen molar-refractivity contribution in [1.82, 2.24) is 0 Å². The fourth-order valence-electron chi connectivity index (χ4n) is 2.04. The maximum absolute atomic E-state index is 5.83. The molecule has 0 aliphatic heterocycles. The Bertz CT molecular complexity index is 500. The number of ether oxygens (including phenoxy) is 1. The monoisotopic (exact) mass is 237 g/mol. The van der Waals surface area contributed by atoms with E-state index in [4.69, 9.17) is 4.74 Å². The molecule has 91 valence electrons. The van der Waals surface area contributed by atoms with Crippen LogP contribution in [0.5, 0.6) is 5.75 Å². The van der Waals surface area contributed by atoms with Crippen molar-refractivity contribution in [3.8, 4) is 5.75 Å². The SMILES string of the molecule is c1ccc(COc2cccc(C[C]3CC3)c2)cc1. The van der Waals surface area contributed by atoms with Crippen molar-refractivity contribution in [2.24, 2.45) is 0 Å². The minimum Gasteiger partial charge on any atom is -0.489 e. The Morgan fingerprint density at radius 3 is 2.39 bits per heavy atom. The fourth-order valence-corrected chi connectivity index (χ4v) is 2.04. The minimum absolute atomic E-state index is 0.640. The van der Waals surface area contributed by atoms with Gasteiger partial charge in [0.2, 0.25) is 0 Å². The van der Waals surface area contributed by atoms with Gasteiger partial charge >= 0.3 is 0 Å². The van der Waals surface area contributed by atoms with Crippen LogP contribution in [0, 0.1) is 5.92 Å². The van der Waals surface area contributed by atoms with E-state index in [1.54, 1.807) is 5.92 Å². The molecule has 1 heteroatoms. The fraction of sp³-hybridized carbons (Fsp3) is 0.235. The molecule has 0 bridgehead atoms. The second-order valence-corrected chi connectivity index (χ2v) is 4.85. The van der Waals surface area contributed by atoms with Crippen molar-refractivity contribution in [3.05, 3.63) is 71.6 Å². The van der Waals surface area contributed by atoms with Gasteiger partial charge in [-0.1, -0.05) is 42.5 Å². The predicted octanol–water partition coefficient (Wildman–Crippen LogP) is 4.18. The molecule has 0 saturated heterocycles. The maximum atomic E-state index is 5.83. The van der Waals surface area contributed by atoms with Gasteiger partial charge in [0.05, 0.1) is 0 Å². The molecule has 0 spiro atoms. The van der Waals surface area contributed by atoms with E-state index < -0.39 is 0 Å². The molecular weight excluding hydrogens is 220 g/mol. The zero-order valence-corrected chi connectivity index (χ0v) is 10.4. The first-order valence-electron chi connectivity index (χ1n) is 6.49. The van der Waals surface area contributed by atoms with Crippen LogP contribution in [0.1, 0.15) is 24.0 Å². The molecule has 0 heterocycles. The summed E-state index contributed by atoms with van der Waals surface area (Å²) in [5, 5.41) is 0. The second-order valence-electron chi connectivity index (χ2n) is 4.85. The second kappa shape index (κ2) is 5.26. The third-order valence-electron chi connectivity index (χ3n) is 3.20. The van der Waals surface area contributed by atoms with Gasteiger partial charge in [-0.25, -0.2) is 0 Å². The molecular formula is C17H17O. The number of benzene rings is 2. The summed E-state index contributed by atoms with van der Waals surface area (Å²) in [5.74, 6) is 2.63. The molecule has 0 aromatic heterocycles. The Morgan fingerprint density at radius 2 is 1.61 bits per heavy atom. The third kappa shape index (κ3) is 3.13. The molecule has 2 aromatic rings. The van der Waals surface area contributed by atoms with Gasteiger partial charge < -0.3 is 4.74 Å². The van der Waals surface area contributed by atoms with E-state index in [-0.39, 0.29) is 0 Å². The highest BCUT2D eigenvalue weighted by Gasteiger charge is 2.22. The Morgan fingerprint density at radius 1 is 0.833 bits per heavy atom. The summed E-state index contributed by atoms with van der Waals surface area (Å²) in [4.78, 5) is 0. The summed E-state index contributed by atoms with van der Waals surface area (Å²) in [6, 6.07) is 18.7. The summed E-state index contributed by atoms with van der Waals surface area (Å²) in [6.45, 7) is 0.640. The molecule has 1 aliphatic carbocycles. The van der Waals surface area contributed by atoms with Crippen molar-refractivity contribution >= 4 is 0 Å². The van der Waals surface area contributed by atoms with E-state index in [9.17, 15) is 0 Å². The predicted molar refractivity (Wildman–Crippen MR) is 73.4 cm³/mol. The topological polar surface area (TPSA) is 9.23 Å². The number of rotatable bonds is 5. The van der Waals surface area contributed by atoms with E-state index in [1.165, 1.54) is 24.0 Å².